The minimum Gasteiger partial charge on any atom is -0.310 e. The smallest absolute Gasteiger partial charge is 0.228 e. The number of rotatable bonds is 4. The van der Waals surface area contributed by atoms with E-state index >= 15 is 0 Å². The molecule has 0 aliphatic heterocycles. The molecule has 0 atom stereocenters. The maximum absolute atomic E-state index is 13.0. The van der Waals surface area contributed by atoms with Crippen molar-refractivity contribution in [3.63, 3.8) is 0 Å². The predicted octanol–water partition coefficient (Wildman–Crippen LogP) is 3.79. The first-order valence-electron chi connectivity index (χ1n) is 7.69. The second kappa shape index (κ2) is 5.83. The second-order valence-electron chi connectivity index (χ2n) is 5.87. The van der Waals surface area contributed by atoms with Crippen molar-refractivity contribution < 1.29 is 9.18 Å². The van der Waals surface area contributed by atoms with Crippen molar-refractivity contribution >= 4 is 23.1 Å². The van der Waals surface area contributed by atoms with Gasteiger partial charge < -0.3 is 5.32 Å². The Hall–Kier alpha value is -2.54. The standard InChI is InChI=1S/C17H15FN4OS/c1-10-8-15(20-16(23)12-2-3-12)22(21-10)17-19-14(9-24-17)11-4-6-13(18)7-5-11/h4-9,12H,2-3H2,1H3,(H,20,23). The van der Waals surface area contributed by atoms with Crippen LogP contribution in [0, 0.1) is 18.7 Å². The zero-order valence-electron chi connectivity index (χ0n) is 13.0. The third-order valence-electron chi connectivity index (χ3n) is 3.84. The van der Waals surface area contributed by atoms with E-state index < -0.39 is 0 Å². The maximum Gasteiger partial charge on any atom is 0.228 e. The van der Waals surface area contributed by atoms with Gasteiger partial charge in [-0.15, -0.1) is 11.3 Å². The zero-order chi connectivity index (χ0) is 16.7. The summed E-state index contributed by atoms with van der Waals surface area (Å²) in [6.45, 7) is 1.87. The van der Waals surface area contributed by atoms with Crippen LogP contribution in [0.25, 0.3) is 16.4 Å². The molecule has 0 unspecified atom stereocenters. The normalized spacial score (nSPS) is 13.9. The fourth-order valence-corrected chi connectivity index (χ4v) is 3.22. The Bertz CT molecular complexity index is 896. The molecule has 3 aromatic rings. The summed E-state index contributed by atoms with van der Waals surface area (Å²) in [6, 6.07) is 8.04. The van der Waals surface area contributed by atoms with Crippen molar-refractivity contribution in [2.45, 2.75) is 19.8 Å². The van der Waals surface area contributed by atoms with E-state index in [9.17, 15) is 9.18 Å². The first kappa shape index (κ1) is 15.0. The van der Waals surface area contributed by atoms with Crippen molar-refractivity contribution in [1.29, 1.82) is 0 Å². The highest BCUT2D eigenvalue weighted by atomic mass is 32.1. The molecule has 1 saturated carbocycles. The summed E-state index contributed by atoms with van der Waals surface area (Å²) in [4.78, 5) is 16.6. The molecular weight excluding hydrogens is 327 g/mol. The summed E-state index contributed by atoms with van der Waals surface area (Å²) in [5.41, 5.74) is 2.40. The zero-order valence-corrected chi connectivity index (χ0v) is 13.8. The van der Waals surface area contributed by atoms with Gasteiger partial charge in [-0.2, -0.15) is 9.78 Å². The van der Waals surface area contributed by atoms with Gasteiger partial charge in [-0.1, -0.05) is 0 Å². The lowest BCUT2D eigenvalue weighted by Crippen LogP contribution is -2.16. The molecule has 0 saturated heterocycles. The van der Waals surface area contributed by atoms with Gasteiger partial charge in [0.25, 0.3) is 0 Å². The Balaban J connectivity index is 1.64. The summed E-state index contributed by atoms with van der Waals surface area (Å²) in [5, 5.41) is 9.91. The van der Waals surface area contributed by atoms with Crippen LogP contribution in [0.1, 0.15) is 18.5 Å². The average molecular weight is 342 g/mol. The summed E-state index contributed by atoms with van der Waals surface area (Å²) >= 11 is 1.42. The molecule has 7 heteroatoms. The molecule has 1 aliphatic rings. The minimum absolute atomic E-state index is 0.0338. The first-order valence-corrected chi connectivity index (χ1v) is 8.57. The van der Waals surface area contributed by atoms with Gasteiger partial charge in [-0.3, -0.25) is 4.79 Å². The molecule has 24 heavy (non-hydrogen) atoms. The van der Waals surface area contributed by atoms with Crippen LogP contribution in [0.5, 0.6) is 0 Å². The van der Waals surface area contributed by atoms with Crippen LogP contribution in [-0.4, -0.2) is 20.7 Å². The summed E-state index contributed by atoms with van der Waals surface area (Å²) < 4.78 is 14.7. The topological polar surface area (TPSA) is 59.8 Å². The molecule has 2 heterocycles. The summed E-state index contributed by atoms with van der Waals surface area (Å²) in [7, 11) is 0. The van der Waals surface area contributed by atoms with Gasteiger partial charge in [-0.05, 0) is 44.0 Å². The molecule has 0 bridgehead atoms. The molecule has 0 spiro atoms. The lowest BCUT2D eigenvalue weighted by Gasteiger charge is -2.05. The van der Waals surface area contributed by atoms with Gasteiger partial charge in [0.1, 0.15) is 11.6 Å². The number of nitrogens with one attached hydrogen (secondary N) is 1. The van der Waals surface area contributed by atoms with Gasteiger partial charge >= 0.3 is 0 Å². The maximum atomic E-state index is 13.0. The number of amides is 1. The molecule has 122 valence electrons. The predicted molar refractivity (Wildman–Crippen MR) is 90.7 cm³/mol. The third kappa shape index (κ3) is 2.94. The molecule has 1 fully saturated rings. The van der Waals surface area contributed by atoms with Gasteiger partial charge in [0.05, 0.1) is 11.4 Å². The van der Waals surface area contributed by atoms with Crippen molar-refractivity contribution in [2.24, 2.45) is 5.92 Å². The molecule has 1 aromatic carbocycles. The van der Waals surface area contributed by atoms with Crippen LogP contribution in [0.2, 0.25) is 0 Å². The minimum atomic E-state index is -0.276. The number of aromatic nitrogens is 3. The van der Waals surface area contributed by atoms with E-state index in [1.165, 1.54) is 23.5 Å². The van der Waals surface area contributed by atoms with E-state index in [4.69, 9.17) is 0 Å². The molecular formula is C17H15FN4OS. The number of carbonyl (C=O) groups excluding carboxylic acids is 1. The first-order chi connectivity index (χ1) is 11.6. The van der Waals surface area contributed by atoms with Crippen LogP contribution in [0.4, 0.5) is 10.2 Å². The number of thiazole rings is 1. The molecule has 0 radical (unpaired) electrons. The second-order valence-corrected chi connectivity index (χ2v) is 6.71. The summed E-state index contributed by atoms with van der Waals surface area (Å²) in [6.07, 6.45) is 1.90. The van der Waals surface area contributed by atoms with Crippen LogP contribution in [0.3, 0.4) is 0 Å². The van der Waals surface area contributed by atoms with E-state index in [2.05, 4.69) is 15.4 Å². The van der Waals surface area contributed by atoms with Gasteiger partial charge in [0.15, 0.2) is 0 Å². The van der Waals surface area contributed by atoms with Crippen molar-refractivity contribution in [3.8, 4) is 16.4 Å². The number of benzene rings is 1. The summed E-state index contributed by atoms with van der Waals surface area (Å²) in [5.74, 6) is 0.512. The van der Waals surface area contributed by atoms with Crippen molar-refractivity contribution in [2.75, 3.05) is 5.32 Å². The average Bonchev–Trinajstić information content (AvgIpc) is 3.20. The molecule has 4 rings (SSSR count). The number of halogens is 1. The van der Waals surface area contributed by atoms with E-state index in [-0.39, 0.29) is 17.6 Å². The van der Waals surface area contributed by atoms with Gasteiger partial charge in [0, 0.05) is 22.9 Å². The lowest BCUT2D eigenvalue weighted by atomic mass is 10.2. The number of hydrogen-bond acceptors (Lipinski definition) is 4. The fourth-order valence-electron chi connectivity index (χ4n) is 2.42. The largest absolute Gasteiger partial charge is 0.310 e. The number of carbonyl (C=O) groups is 1. The molecule has 2 aromatic heterocycles. The highest BCUT2D eigenvalue weighted by molar-refractivity contribution is 7.12. The van der Waals surface area contributed by atoms with Crippen molar-refractivity contribution in [1.82, 2.24) is 14.8 Å². The third-order valence-corrected chi connectivity index (χ3v) is 4.66. The highest BCUT2D eigenvalue weighted by Gasteiger charge is 2.30. The van der Waals surface area contributed by atoms with Gasteiger partial charge in [-0.25, -0.2) is 9.37 Å². The quantitative estimate of drug-likeness (QED) is 0.785. The number of anilines is 1. The molecule has 1 aliphatic carbocycles. The number of nitrogens with zero attached hydrogens (tertiary/aromatic N) is 3. The Morgan fingerprint density at radius 2 is 2.08 bits per heavy atom. The molecule has 1 N–H and O–H groups in total. The van der Waals surface area contributed by atoms with E-state index in [1.807, 2.05) is 18.4 Å². The highest BCUT2D eigenvalue weighted by Crippen LogP contribution is 2.31. The van der Waals surface area contributed by atoms with Crippen LogP contribution < -0.4 is 5.32 Å². The Kier molecular flexibility index (Phi) is 3.65. The molecule has 1 amide bonds. The van der Waals surface area contributed by atoms with E-state index in [0.717, 1.165) is 29.8 Å². The van der Waals surface area contributed by atoms with Crippen molar-refractivity contribution in [3.05, 3.63) is 47.2 Å². The Labute approximate surface area is 142 Å². The van der Waals surface area contributed by atoms with Crippen LogP contribution in [-0.2, 0) is 4.79 Å². The number of aryl methyl sites for hydroxylation is 1. The van der Waals surface area contributed by atoms with E-state index in [0.29, 0.717) is 10.9 Å². The number of hydrogen-bond donors (Lipinski definition) is 1. The van der Waals surface area contributed by atoms with Gasteiger partial charge in [0.2, 0.25) is 11.0 Å². The Morgan fingerprint density at radius 1 is 1.33 bits per heavy atom. The van der Waals surface area contributed by atoms with Crippen LogP contribution >= 0.6 is 11.3 Å². The van der Waals surface area contributed by atoms with Crippen LogP contribution in [0.15, 0.2) is 35.7 Å². The fraction of sp³-hybridized carbons (Fsp3) is 0.235. The SMILES string of the molecule is Cc1cc(NC(=O)C2CC2)n(-c2nc(-c3ccc(F)cc3)cs2)n1. The Morgan fingerprint density at radius 3 is 2.79 bits per heavy atom. The molecule has 5 nitrogen and oxygen atoms in total. The van der Waals surface area contributed by atoms with E-state index in [1.54, 1.807) is 16.8 Å². The lowest BCUT2D eigenvalue weighted by molar-refractivity contribution is -0.117. The monoisotopic (exact) mass is 342 g/mol.